The Balaban J connectivity index is 2.12. The highest BCUT2D eigenvalue weighted by molar-refractivity contribution is 5.71. The van der Waals surface area contributed by atoms with Crippen LogP contribution in [0.5, 0.6) is 0 Å². The molecular formula is C9H15NO2. The normalized spacial score (nSPS) is 19.0. The van der Waals surface area contributed by atoms with E-state index in [-0.39, 0.29) is 0 Å². The third-order valence-corrected chi connectivity index (χ3v) is 2.02. The molecule has 3 heteroatoms. The molecule has 1 rings (SSSR count). The number of morpholine rings is 1. The van der Waals surface area contributed by atoms with Crippen LogP contribution < -0.4 is 0 Å². The SMILES string of the molecule is C=C(C=O)CCN1CCOCC1. The van der Waals surface area contributed by atoms with Crippen LogP contribution >= 0.6 is 0 Å². The molecule has 1 aliphatic heterocycles. The van der Waals surface area contributed by atoms with Gasteiger partial charge in [0.05, 0.1) is 13.2 Å². The zero-order chi connectivity index (χ0) is 8.81. The van der Waals surface area contributed by atoms with Gasteiger partial charge in [-0.3, -0.25) is 9.69 Å². The molecule has 1 heterocycles. The van der Waals surface area contributed by atoms with Gasteiger partial charge in [-0.2, -0.15) is 0 Å². The standard InChI is InChI=1S/C9H15NO2/c1-9(8-11)2-3-10-4-6-12-7-5-10/h8H,1-7H2. The Kier molecular flexibility index (Phi) is 3.97. The van der Waals surface area contributed by atoms with Crippen LogP contribution in [0.15, 0.2) is 12.2 Å². The average Bonchev–Trinajstić information content (AvgIpc) is 2.16. The van der Waals surface area contributed by atoms with E-state index in [2.05, 4.69) is 11.5 Å². The second-order valence-electron chi connectivity index (χ2n) is 2.98. The first-order valence-electron chi connectivity index (χ1n) is 4.26. The van der Waals surface area contributed by atoms with Crippen LogP contribution in [0.1, 0.15) is 6.42 Å². The Labute approximate surface area is 73.0 Å². The lowest BCUT2D eigenvalue weighted by Crippen LogP contribution is -2.36. The maximum absolute atomic E-state index is 10.2. The van der Waals surface area contributed by atoms with Gasteiger partial charge in [0.2, 0.25) is 0 Å². The van der Waals surface area contributed by atoms with Crippen LogP contribution in [-0.2, 0) is 9.53 Å². The van der Waals surface area contributed by atoms with E-state index < -0.39 is 0 Å². The van der Waals surface area contributed by atoms with Crippen LogP contribution in [-0.4, -0.2) is 44.0 Å². The lowest BCUT2D eigenvalue weighted by atomic mass is 10.2. The van der Waals surface area contributed by atoms with Crippen molar-refractivity contribution in [2.45, 2.75) is 6.42 Å². The molecule has 1 saturated heterocycles. The van der Waals surface area contributed by atoms with Crippen LogP contribution in [0.4, 0.5) is 0 Å². The molecule has 0 atom stereocenters. The summed E-state index contributed by atoms with van der Waals surface area (Å²) in [4.78, 5) is 12.5. The molecule has 0 spiro atoms. The van der Waals surface area contributed by atoms with Crippen LogP contribution in [0.2, 0.25) is 0 Å². The van der Waals surface area contributed by atoms with Crippen molar-refractivity contribution in [3.63, 3.8) is 0 Å². The minimum Gasteiger partial charge on any atom is -0.379 e. The lowest BCUT2D eigenvalue weighted by Gasteiger charge is -2.26. The quantitative estimate of drug-likeness (QED) is 0.452. The Morgan fingerprint density at radius 1 is 1.50 bits per heavy atom. The van der Waals surface area contributed by atoms with Crippen molar-refractivity contribution in [1.82, 2.24) is 4.90 Å². The summed E-state index contributed by atoms with van der Waals surface area (Å²) in [5.41, 5.74) is 0.682. The second-order valence-corrected chi connectivity index (χ2v) is 2.98. The van der Waals surface area contributed by atoms with Gasteiger partial charge >= 0.3 is 0 Å². The fourth-order valence-electron chi connectivity index (χ4n) is 1.19. The van der Waals surface area contributed by atoms with Gasteiger partial charge in [-0.25, -0.2) is 0 Å². The summed E-state index contributed by atoms with van der Waals surface area (Å²) >= 11 is 0. The van der Waals surface area contributed by atoms with Gasteiger partial charge in [0, 0.05) is 19.6 Å². The molecule has 0 radical (unpaired) electrons. The van der Waals surface area contributed by atoms with E-state index in [9.17, 15) is 4.79 Å². The number of rotatable bonds is 4. The highest BCUT2D eigenvalue weighted by atomic mass is 16.5. The van der Waals surface area contributed by atoms with E-state index in [0.717, 1.165) is 45.6 Å². The number of hydrogen-bond donors (Lipinski definition) is 0. The molecule has 0 unspecified atom stereocenters. The van der Waals surface area contributed by atoms with E-state index in [1.54, 1.807) is 0 Å². The molecule has 1 aliphatic rings. The molecule has 0 aromatic carbocycles. The van der Waals surface area contributed by atoms with Gasteiger partial charge in [0.25, 0.3) is 0 Å². The van der Waals surface area contributed by atoms with Crippen molar-refractivity contribution < 1.29 is 9.53 Å². The van der Waals surface area contributed by atoms with Gasteiger partial charge in [0.1, 0.15) is 6.29 Å². The molecular weight excluding hydrogens is 154 g/mol. The fourth-order valence-corrected chi connectivity index (χ4v) is 1.19. The number of ether oxygens (including phenoxy) is 1. The fraction of sp³-hybridized carbons (Fsp3) is 0.667. The number of hydrogen-bond acceptors (Lipinski definition) is 3. The molecule has 1 fully saturated rings. The molecule has 0 aromatic heterocycles. The van der Waals surface area contributed by atoms with Crippen molar-refractivity contribution >= 4 is 6.29 Å². The zero-order valence-corrected chi connectivity index (χ0v) is 7.29. The predicted octanol–water partition coefficient (Wildman–Crippen LogP) is 0.464. The third-order valence-electron chi connectivity index (χ3n) is 2.02. The molecule has 0 amide bonds. The summed E-state index contributed by atoms with van der Waals surface area (Å²) in [5, 5.41) is 0. The second kappa shape index (κ2) is 5.06. The molecule has 3 nitrogen and oxygen atoms in total. The van der Waals surface area contributed by atoms with E-state index >= 15 is 0 Å². The highest BCUT2D eigenvalue weighted by Gasteiger charge is 2.09. The summed E-state index contributed by atoms with van der Waals surface area (Å²) in [5.74, 6) is 0. The zero-order valence-electron chi connectivity index (χ0n) is 7.29. The molecule has 68 valence electrons. The number of nitrogens with zero attached hydrogens (tertiary/aromatic N) is 1. The topological polar surface area (TPSA) is 29.5 Å². The molecule has 0 aromatic rings. The van der Waals surface area contributed by atoms with Gasteiger partial charge < -0.3 is 4.74 Å². The molecule has 12 heavy (non-hydrogen) atoms. The molecule has 0 saturated carbocycles. The number of aldehydes is 1. The summed E-state index contributed by atoms with van der Waals surface area (Å²) in [6.45, 7) is 8.15. The molecule has 0 aliphatic carbocycles. The summed E-state index contributed by atoms with van der Waals surface area (Å²) in [6.07, 6.45) is 1.62. The van der Waals surface area contributed by atoms with Crippen molar-refractivity contribution in [2.75, 3.05) is 32.8 Å². The van der Waals surface area contributed by atoms with Crippen molar-refractivity contribution in [1.29, 1.82) is 0 Å². The van der Waals surface area contributed by atoms with E-state index in [0.29, 0.717) is 5.57 Å². The lowest BCUT2D eigenvalue weighted by molar-refractivity contribution is -0.105. The van der Waals surface area contributed by atoms with Crippen LogP contribution in [0.3, 0.4) is 0 Å². The van der Waals surface area contributed by atoms with Gasteiger partial charge in [-0.1, -0.05) is 6.58 Å². The first-order valence-corrected chi connectivity index (χ1v) is 4.26. The highest BCUT2D eigenvalue weighted by Crippen LogP contribution is 2.01. The predicted molar refractivity (Wildman–Crippen MR) is 47.1 cm³/mol. The Morgan fingerprint density at radius 2 is 2.17 bits per heavy atom. The smallest absolute Gasteiger partial charge is 0.145 e. The van der Waals surface area contributed by atoms with Gasteiger partial charge in [-0.15, -0.1) is 0 Å². The van der Waals surface area contributed by atoms with Gasteiger partial charge in [0.15, 0.2) is 0 Å². The Morgan fingerprint density at radius 3 is 2.75 bits per heavy atom. The molecule has 0 bridgehead atoms. The van der Waals surface area contributed by atoms with Crippen molar-refractivity contribution in [3.8, 4) is 0 Å². The van der Waals surface area contributed by atoms with E-state index in [4.69, 9.17) is 4.74 Å². The third kappa shape index (κ3) is 3.15. The van der Waals surface area contributed by atoms with E-state index in [1.165, 1.54) is 0 Å². The summed E-state index contributed by atoms with van der Waals surface area (Å²) < 4.78 is 5.20. The van der Waals surface area contributed by atoms with Crippen LogP contribution in [0.25, 0.3) is 0 Å². The van der Waals surface area contributed by atoms with E-state index in [1.807, 2.05) is 0 Å². The van der Waals surface area contributed by atoms with Gasteiger partial charge in [-0.05, 0) is 12.0 Å². The Hall–Kier alpha value is -0.670. The molecule has 0 N–H and O–H groups in total. The minimum absolute atomic E-state index is 0.682. The maximum atomic E-state index is 10.2. The summed E-state index contributed by atoms with van der Waals surface area (Å²) in [6, 6.07) is 0. The van der Waals surface area contributed by atoms with Crippen molar-refractivity contribution in [2.24, 2.45) is 0 Å². The minimum atomic E-state index is 0.682. The first-order chi connectivity index (χ1) is 5.83. The summed E-state index contributed by atoms with van der Waals surface area (Å²) in [7, 11) is 0. The number of carbonyl (C=O) groups excluding carboxylic acids is 1. The van der Waals surface area contributed by atoms with Crippen molar-refractivity contribution in [3.05, 3.63) is 12.2 Å². The first kappa shape index (κ1) is 9.42. The average molecular weight is 169 g/mol. The Bertz CT molecular complexity index is 162. The van der Waals surface area contributed by atoms with Crippen LogP contribution in [0, 0.1) is 0 Å². The number of carbonyl (C=O) groups is 1. The maximum Gasteiger partial charge on any atom is 0.145 e. The largest absolute Gasteiger partial charge is 0.379 e. The monoisotopic (exact) mass is 169 g/mol.